The zero-order chi connectivity index (χ0) is 16.9. The highest BCUT2D eigenvalue weighted by Gasteiger charge is 2.13. The van der Waals surface area contributed by atoms with Crippen molar-refractivity contribution in [3.05, 3.63) is 63.8 Å². The van der Waals surface area contributed by atoms with E-state index in [0.717, 1.165) is 5.56 Å². The molecule has 3 aromatic rings. The molecule has 2 aromatic heterocycles. The van der Waals surface area contributed by atoms with Gasteiger partial charge in [0.1, 0.15) is 0 Å². The molecule has 0 aliphatic carbocycles. The molecule has 0 fully saturated rings. The van der Waals surface area contributed by atoms with E-state index in [-0.39, 0.29) is 5.91 Å². The van der Waals surface area contributed by atoms with E-state index < -0.39 is 0 Å². The molecule has 0 aliphatic rings. The van der Waals surface area contributed by atoms with E-state index >= 15 is 0 Å². The van der Waals surface area contributed by atoms with Gasteiger partial charge in [0.15, 0.2) is 11.7 Å². The number of amides is 1. The lowest BCUT2D eigenvalue weighted by Crippen LogP contribution is -2.26. The van der Waals surface area contributed by atoms with Crippen molar-refractivity contribution >= 4 is 28.8 Å². The lowest BCUT2D eigenvalue weighted by atomic mass is 10.2. The van der Waals surface area contributed by atoms with Gasteiger partial charge in [-0.15, -0.1) is 11.3 Å². The summed E-state index contributed by atoms with van der Waals surface area (Å²) in [5.41, 5.74) is 0.805. The second-order valence-electron chi connectivity index (χ2n) is 5.43. The van der Waals surface area contributed by atoms with Gasteiger partial charge in [-0.25, -0.2) is 4.98 Å². The summed E-state index contributed by atoms with van der Waals surface area (Å²) in [5, 5.41) is 2.63. The van der Waals surface area contributed by atoms with Gasteiger partial charge in [-0.1, -0.05) is 29.8 Å². The first-order chi connectivity index (χ1) is 11.6. The molecule has 0 saturated heterocycles. The highest BCUT2D eigenvalue weighted by atomic mass is 35.5. The molecule has 0 spiro atoms. The Morgan fingerprint density at radius 3 is 2.88 bits per heavy atom. The smallest absolute Gasteiger partial charge is 0.223 e. The maximum absolute atomic E-state index is 12.2. The molecular formula is C18H17ClN2O2S. The van der Waals surface area contributed by atoms with Gasteiger partial charge in [-0.05, 0) is 23.6 Å². The summed E-state index contributed by atoms with van der Waals surface area (Å²) in [6, 6.07) is 11.5. The van der Waals surface area contributed by atoms with Crippen molar-refractivity contribution in [3.63, 3.8) is 0 Å². The number of carbonyl (C=O) groups excluding carboxylic acids is 1. The number of benzene rings is 1. The molecule has 4 nitrogen and oxygen atoms in total. The van der Waals surface area contributed by atoms with Crippen LogP contribution in [-0.2, 0) is 17.8 Å². The van der Waals surface area contributed by atoms with Crippen molar-refractivity contribution in [2.75, 3.05) is 7.05 Å². The van der Waals surface area contributed by atoms with Gasteiger partial charge in [0.05, 0.1) is 17.8 Å². The fourth-order valence-corrected chi connectivity index (χ4v) is 3.33. The van der Waals surface area contributed by atoms with E-state index in [4.69, 9.17) is 16.0 Å². The quantitative estimate of drug-likeness (QED) is 0.643. The van der Waals surface area contributed by atoms with Gasteiger partial charge in [0.2, 0.25) is 5.91 Å². The first-order valence-corrected chi connectivity index (χ1v) is 8.85. The molecule has 0 N–H and O–H groups in total. The average Bonchev–Trinajstić information content (AvgIpc) is 3.24. The number of carbonyl (C=O) groups is 1. The van der Waals surface area contributed by atoms with Crippen LogP contribution in [0.25, 0.3) is 11.3 Å². The Kier molecular flexibility index (Phi) is 5.33. The number of halogens is 1. The Bertz CT molecular complexity index is 814. The van der Waals surface area contributed by atoms with Crippen molar-refractivity contribution in [3.8, 4) is 11.3 Å². The molecule has 124 valence electrons. The molecule has 0 radical (unpaired) electrons. The van der Waals surface area contributed by atoms with Crippen LogP contribution in [0.5, 0.6) is 0 Å². The number of hydrogen-bond donors (Lipinski definition) is 0. The molecule has 2 heterocycles. The molecule has 1 amide bonds. The summed E-state index contributed by atoms with van der Waals surface area (Å²) < 4.78 is 5.72. The minimum Gasteiger partial charge on any atom is -0.441 e. The number of aryl methyl sites for hydroxylation is 1. The summed E-state index contributed by atoms with van der Waals surface area (Å²) in [4.78, 5) is 19.4. The summed E-state index contributed by atoms with van der Waals surface area (Å²) >= 11 is 7.81. The molecule has 0 saturated carbocycles. The van der Waals surface area contributed by atoms with Crippen LogP contribution in [-0.4, -0.2) is 22.8 Å². The molecule has 6 heteroatoms. The van der Waals surface area contributed by atoms with Crippen LogP contribution < -0.4 is 0 Å². The Labute approximate surface area is 149 Å². The maximum atomic E-state index is 12.2. The Balaban J connectivity index is 1.57. The van der Waals surface area contributed by atoms with Crippen LogP contribution >= 0.6 is 22.9 Å². The fraction of sp³-hybridized carbons (Fsp3) is 0.222. The van der Waals surface area contributed by atoms with Crippen LogP contribution in [0.2, 0.25) is 5.02 Å². The van der Waals surface area contributed by atoms with Crippen molar-refractivity contribution in [1.29, 1.82) is 0 Å². The Hall–Kier alpha value is -2.11. The van der Waals surface area contributed by atoms with Crippen molar-refractivity contribution in [1.82, 2.24) is 9.88 Å². The molecule has 1 aromatic carbocycles. The number of nitrogens with zero attached hydrogens (tertiary/aromatic N) is 2. The Morgan fingerprint density at radius 2 is 2.12 bits per heavy atom. The molecular weight excluding hydrogens is 344 g/mol. The van der Waals surface area contributed by atoms with Crippen LogP contribution in [0.4, 0.5) is 0 Å². The number of hydrogen-bond acceptors (Lipinski definition) is 4. The van der Waals surface area contributed by atoms with Crippen LogP contribution in [0.3, 0.4) is 0 Å². The second-order valence-corrected chi connectivity index (χ2v) is 6.87. The molecule has 0 aliphatic heterocycles. The molecule has 0 atom stereocenters. The van der Waals surface area contributed by atoms with Crippen molar-refractivity contribution in [2.24, 2.45) is 0 Å². The second kappa shape index (κ2) is 7.64. The number of aromatic nitrogens is 1. The van der Waals surface area contributed by atoms with Crippen molar-refractivity contribution < 1.29 is 9.21 Å². The summed E-state index contributed by atoms with van der Waals surface area (Å²) in [6.07, 6.45) is 2.48. The van der Waals surface area contributed by atoms with Gasteiger partial charge in [-0.3, -0.25) is 4.79 Å². The lowest BCUT2D eigenvalue weighted by molar-refractivity contribution is -0.130. The monoisotopic (exact) mass is 360 g/mol. The molecule has 0 bridgehead atoms. The fourth-order valence-electron chi connectivity index (χ4n) is 2.34. The van der Waals surface area contributed by atoms with Gasteiger partial charge >= 0.3 is 0 Å². The van der Waals surface area contributed by atoms with E-state index in [9.17, 15) is 4.79 Å². The first-order valence-electron chi connectivity index (χ1n) is 7.59. The summed E-state index contributed by atoms with van der Waals surface area (Å²) in [5.74, 6) is 1.23. The third-order valence-electron chi connectivity index (χ3n) is 3.64. The van der Waals surface area contributed by atoms with E-state index in [2.05, 4.69) is 4.98 Å². The number of oxazole rings is 1. The standard InChI is InChI=1S/C18H17ClN2O2S/c1-21(12-13-5-4-10-24-13)18(22)9-8-17-20-11-16(23-17)14-6-2-3-7-15(14)19/h2-7,10-11H,8-9,12H2,1H3. The molecule has 24 heavy (non-hydrogen) atoms. The predicted octanol–water partition coefficient (Wildman–Crippen LogP) is 4.65. The zero-order valence-electron chi connectivity index (χ0n) is 13.2. The third kappa shape index (κ3) is 4.04. The first kappa shape index (κ1) is 16.7. The van der Waals surface area contributed by atoms with Crippen LogP contribution in [0.1, 0.15) is 17.2 Å². The van der Waals surface area contributed by atoms with Crippen molar-refractivity contribution in [2.45, 2.75) is 19.4 Å². The zero-order valence-corrected chi connectivity index (χ0v) is 14.8. The maximum Gasteiger partial charge on any atom is 0.223 e. The number of rotatable bonds is 6. The summed E-state index contributed by atoms with van der Waals surface area (Å²) in [7, 11) is 1.81. The highest BCUT2D eigenvalue weighted by Crippen LogP contribution is 2.28. The van der Waals surface area contributed by atoms with E-state index in [1.54, 1.807) is 22.4 Å². The summed E-state index contributed by atoms with van der Waals surface area (Å²) in [6.45, 7) is 0.632. The van der Waals surface area contributed by atoms with E-state index in [1.807, 2.05) is 48.8 Å². The topological polar surface area (TPSA) is 46.3 Å². The third-order valence-corrected chi connectivity index (χ3v) is 4.84. The minimum absolute atomic E-state index is 0.0703. The average molecular weight is 361 g/mol. The van der Waals surface area contributed by atoms with Crippen LogP contribution in [0.15, 0.2) is 52.4 Å². The lowest BCUT2D eigenvalue weighted by Gasteiger charge is -2.15. The Morgan fingerprint density at radius 1 is 1.29 bits per heavy atom. The predicted molar refractivity (Wildman–Crippen MR) is 96.1 cm³/mol. The van der Waals surface area contributed by atoms with E-state index in [0.29, 0.717) is 36.1 Å². The normalized spacial score (nSPS) is 10.8. The SMILES string of the molecule is CN(Cc1cccs1)C(=O)CCc1ncc(-c2ccccc2Cl)o1. The van der Waals surface area contributed by atoms with Gasteiger partial charge in [0, 0.05) is 30.3 Å². The molecule has 3 rings (SSSR count). The van der Waals surface area contributed by atoms with Gasteiger partial charge < -0.3 is 9.32 Å². The number of thiophene rings is 1. The van der Waals surface area contributed by atoms with Gasteiger partial charge in [-0.2, -0.15) is 0 Å². The van der Waals surface area contributed by atoms with Crippen LogP contribution in [0, 0.1) is 0 Å². The van der Waals surface area contributed by atoms with E-state index in [1.165, 1.54) is 4.88 Å². The molecule has 0 unspecified atom stereocenters. The largest absolute Gasteiger partial charge is 0.441 e. The highest BCUT2D eigenvalue weighted by molar-refractivity contribution is 7.09. The van der Waals surface area contributed by atoms with Gasteiger partial charge in [0.25, 0.3) is 0 Å². The minimum atomic E-state index is 0.0703.